The Morgan fingerprint density at radius 2 is 1.83 bits per heavy atom. The van der Waals surface area contributed by atoms with E-state index in [0.717, 1.165) is 17.8 Å². The summed E-state index contributed by atoms with van der Waals surface area (Å²) in [6.45, 7) is 5.96. The van der Waals surface area contributed by atoms with Crippen molar-refractivity contribution in [1.29, 1.82) is 0 Å². The van der Waals surface area contributed by atoms with Crippen molar-refractivity contribution in [1.82, 2.24) is 0 Å². The Labute approximate surface area is 174 Å². The Hall–Kier alpha value is -1.70. The van der Waals surface area contributed by atoms with E-state index in [4.69, 9.17) is 0 Å². The van der Waals surface area contributed by atoms with E-state index in [0.29, 0.717) is 29.5 Å². The minimum Gasteiger partial charge on any atom is -0.207 e. The number of rotatable bonds is 6. The van der Waals surface area contributed by atoms with Crippen molar-refractivity contribution < 1.29 is 8.78 Å². The number of hydrogen-bond acceptors (Lipinski definition) is 0. The lowest BCUT2D eigenvalue weighted by Crippen LogP contribution is -2.30. The van der Waals surface area contributed by atoms with Crippen LogP contribution in [0.1, 0.15) is 81.8 Å². The summed E-state index contributed by atoms with van der Waals surface area (Å²) in [4.78, 5) is 0. The zero-order valence-electron chi connectivity index (χ0n) is 17.7. The molecule has 0 spiro atoms. The lowest BCUT2D eigenvalue weighted by atomic mass is 9.63. The summed E-state index contributed by atoms with van der Waals surface area (Å²) < 4.78 is 29.4. The quantitative estimate of drug-likeness (QED) is 0.430. The fourth-order valence-electron chi connectivity index (χ4n) is 6.08. The second-order valence-electron chi connectivity index (χ2n) is 9.46. The fourth-order valence-corrected chi connectivity index (χ4v) is 6.08. The van der Waals surface area contributed by atoms with E-state index >= 15 is 0 Å². The van der Waals surface area contributed by atoms with Gasteiger partial charge in [-0.15, -0.1) is 6.58 Å². The van der Waals surface area contributed by atoms with Gasteiger partial charge in [-0.25, -0.2) is 8.78 Å². The third-order valence-electron chi connectivity index (χ3n) is 7.64. The molecule has 0 amide bonds. The Morgan fingerprint density at radius 1 is 1.03 bits per heavy atom. The molecule has 2 saturated carbocycles. The van der Waals surface area contributed by atoms with Crippen molar-refractivity contribution in [3.05, 3.63) is 59.7 Å². The Bertz CT molecular complexity index is 868. The van der Waals surface area contributed by atoms with E-state index < -0.39 is 11.6 Å². The zero-order chi connectivity index (χ0) is 20.4. The highest BCUT2D eigenvalue weighted by atomic mass is 19.1. The predicted molar refractivity (Wildman–Crippen MR) is 118 cm³/mol. The molecular weight excluding hydrogens is 362 g/mol. The van der Waals surface area contributed by atoms with Crippen LogP contribution in [-0.4, -0.2) is 0 Å². The Balaban J connectivity index is 1.52. The van der Waals surface area contributed by atoms with Gasteiger partial charge in [-0.05, 0) is 85.6 Å². The molecule has 0 nitrogen and oxygen atoms in total. The summed E-state index contributed by atoms with van der Waals surface area (Å²) in [6, 6.07) is 7.55. The van der Waals surface area contributed by atoms with Gasteiger partial charge in [0, 0.05) is 10.9 Å². The van der Waals surface area contributed by atoms with Crippen molar-refractivity contribution in [2.24, 2.45) is 17.8 Å². The Kier molecular flexibility index (Phi) is 6.37. The lowest BCUT2D eigenvalue weighted by molar-refractivity contribution is 0.114. The van der Waals surface area contributed by atoms with Crippen molar-refractivity contribution in [2.45, 2.75) is 77.0 Å². The van der Waals surface area contributed by atoms with Gasteiger partial charge in [0.25, 0.3) is 0 Å². The average Bonchev–Trinajstić information content (AvgIpc) is 2.73. The number of allylic oxidation sites excluding steroid dienone is 1. The number of benzene rings is 2. The van der Waals surface area contributed by atoms with Crippen LogP contribution in [0, 0.1) is 29.4 Å². The van der Waals surface area contributed by atoms with E-state index in [-0.39, 0.29) is 5.56 Å². The molecule has 4 unspecified atom stereocenters. The van der Waals surface area contributed by atoms with Gasteiger partial charge >= 0.3 is 0 Å². The highest BCUT2D eigenvalue weighted by molar-refractivity contribution is 5.85. The summed E-state index contributed by atoms with van der Waals surface area (Å²) in [5.74, 6) is 2.40. The molecule has 0 aliphatic heterocycles. The molecule has 2 fully saturated rings. The first kappa shape index (κ1) is 20.6. The van der Waals surface area contributed by atoms with Crippen LogP contribution in [0.5, 0.6) is 0 Å². The van der Waals surface area contributed by atoms with Crippen molar-refractivity contribution in [3.8, 4) is 0 Å². The van der Waals surface area contributed by atoms with Crippen LogP contribution < -0.4 is 0 Å². The highest BCUT2D eigenvalue weighted by Gasteiger charge is 2.35. The summed E-state index contributed by atoms with van der Waals surface area (Å²) in [5, 5.41) is 1.25. The molecule has 2 aliphatic rings. The van der Waals surface area contributed by atoms with Crippen LogP contribution in [0.15, 0.2) is 36.9 Å². The van der Waals surface area contributed by atoms with Gasteiger partial charge in [-0.3, -0.25) is 0 Å². The minimum absolute atomic E-state index is 0.189. The topological polar surface area (TPSA) is 0 Å². The normalized spacial score (nSPS) is 27.0. The summed E-state index contributed by atoms with van der Waals surface area (Å²) in [6.07, 6.45) is 13.3. The van der Waals surface area contributed by atoms with Gasteiger partial charge in [0.1, 0.15) is 11.6 Å². The SMILES string of the molecule is C=CCCc1c(F)cc2cc(C3CCC4CC(CCC)CCC4C3)ccc2c1F. The molecule has 0 radical (unpaired) electrons. The molecule has 2 aromatic rings. The third kappa shape index (κ3) is 4.27. The summed E-state index contributed by atoms with van der Waals surface area (Å²) in [7, 11) is 0. The molecule has 0 N–H and O–H groups in total. The average molecular weight is 397 g/mol. The van der Waals surface area contributed by atoms with Gasteiger partial charge in [0.15, 0.2) is 0 Å². The first-order valence-corrected chi connectivity index (χ1v) is 11.6. The van der Waals surface area contributed by atoms with Crippen molar-refractivity contribution in [3.63, 3.8) is 0 Å². The summed E-state index contributed by atoms with van der Waals surface area (Å²) >= 11 is 0. The van der Waals surface area contributed by atoms with E-state index in [2.05, 4.69) is 19.6 Å². The molecule has 0 saturated heterocycles. The first-order valence-electron chi connectivity index (χ1n) is 11.6. The molecule has 2 heteroatoms. The van der Waals surface area contributed by atoms with E-state index in [1.807, 2.05) is 12.1 Å². The van der Waals surface area contributed by atoms with Crippen LogP contribution in [0.4, 0.5) is 8.78 Å². The third-order valence-corrected chi connectivity index (χ3v) is 7.64. The maximum atomic E-state index is 14.9. The van der Waals surface area contributed by atoms with Crippen LogP contribution in [0.3, 0.4) is 0 Å². The molecule has 0 heterocycles. The maximum absolute atomic E-state index is 14.9. The minimum atomic E-state index is -0.424. The molecule has 156 valence electrons. The van der Waals surface area contributed by atoms with Gasteiger partial charge in [-0.2, -0.15) is 0 Å². The van der Waals surface area contributed by atoms with E-state index in [9.17, 15) is 8.78 Å². The monoisotopic (exact) mass is 396 g/mol. The zero-order valence-corrected chi connectivity index (χ0v) is 17.7. The van der Waals surface area contributed by atoms with Crippen molar-refractivity contribution in [2.75, 3.05) is 0 Å². The second kappa shape index (κ2) is 8.98. The molecular formula is C27H34F2. The molecule has 0 aromatic heterocycles. The van der Waals surface area contributed by atoms with E-state index in [1.165, 1.54) is 63.0 Å². The number of hydrogen-bond donors (Lipinski definition) is 0. The molecule has 4 atom stereocenters. The smallest absolute Gasteiger partial charge is 0.137 e. The maximum Gasteiger partial charge on any atom is 0.137 e. The summed E-state index contributed by atoms with van der Waals surface area (Å²) in [5.41, 5.74) is 1.46. The Morgan fingerprint density at radius 3 is 2.62 bits per heavy atom. The largest absolute Gasteiger partial charge is 0.207 e. The second-order valence-corrected chi connectivity index (χ2v) is 9.46. The molecule has 29 heavy (non-hydrogen) atoms. The van der Waals surface area contributed by atoms with Crippen LogP contribution in [-0.2, 0) is 6.42 Å². The van der Waals surface area contributed by atoms with Gasteiger partial charge in [0.2, 0.25) is 0 Å². The van der Waals surface area contributed by atoms with Crippen LogP contribution in [0.25, 0.3) is 10.8 Å². The lowest BCUT2D eigenvalue weighted by Gasteiger charge is -2.42. The van der Waals surface area contributed by atoms with Crippen molar-refractivity contribution >= 4 is 10.8 Å². The standard InChI is InChI=1S/C27H34F2/c1-3-5-7-25-26(28)17-23-16-22(12-13-24(23)27(25)29)21-11-10-19-14-18(6-4-2)8-9-20(19)15-21/h3,12-13,16-21H,1,4-11,14-15H2,2H3. The number of halogens is 2. The van der Waals surface area contributed by atoms with Gasteiger partial charge in [0.05, 0.1) is 0 Å². The van der Waals surface area contributed by atoms with Gasteiger partial charge < -0.3 is 0 Å². The fraction of sp³-hybridized carbons (Fsp3) is 0.556. The van der Waals surface area contributed by atoms with E-state index in [1.54, 1.807) is 6.08 Å². The molecule has 4 rings (SSSR count). The van der Waals surface area contributed by atoms with Crippen LogP contribution in [0.2, 0.25) is 0 Å². The highest BCUT2D eigenvalue weighted by Crippen LogP contribution is 2.48. The molecule has 2 aromatic carbocycles. The van der Waals surface area contributed by atoms with Gasteiger partial charge in [-0.1, -0.05) is 50.5 Å². The predicted octanol–water partition coefficient (Wildman–Crippen LogP) is 8.34. The first-order chi connectivity index (χ1) is 14.1. The molecule has 0 bridgehead atoms. The number of fused-ring (bicyclic) bond motifs is 2. The molecule has 2 aliphatic carbocycles. The van der Waals surface area contributed by atoms with Crippen LogP contribution >= 0.6 is 0 Å².